The van der Waals surface area contributed by atoms with Crippen molar-refractivity contribution < 1.29 is 4.79 Å². The van der Waals surface area contributed by atoms with Crippen molar-refractivity contribution >= 4 is 23.1 Å². The second-order valence-electron chi connectivity index (χ2n) is 7.88. The van der Waals surface area contributed by atoms with E-state index in [0.717, 1.165) is 30.1 Å². The zero-order chi connectivity index (χ0) is 19.3. The molecule has 28 heavy (non-hydrogen) atoms. The lowest BCUT2D eigenvalue weighted by atomic mass is 9.78. The highest BCUT2D eigenvalue weighted by Gasteiger charge is 2.25. The Morgan fingerprint density at radius 2 is 1.68 bits per heavy atom. The monoisotopic (exact) mass is 365 g/mol. The molecule has 0 aliphatic heterocycles. The maximum atomic E-state index is 13.3. The molecule has 0 saturated heterocycles. The summed E-state index contributed by atoms with van der Waals surface area (Å²) in [6.45, 7) is 2.29. The fourth-order valence-corrected chi connectivity index (χ4v) is 4.84. The van der Waals surface area contributed by atoms with Gasteiger partial charge in [0, 0.05) is 16.8 Å². The first-order valence-corrected chi connectivity index (χ1v) is 9.99. The minimum Gasteiger partial charge on any atom is -0.398 e. The fourth-order valence-electron chi connectivity index (χ4n) is 4.84. The van der Waals surface area contributed by atoms with E-state index in [1.54, 1.807) is 6.07 Å². The predicted molar refractivity (Wildman–Crippen MR) is 114 cm³/mol. The summed E-state index contributed by atoms with van der Waals surface area (Å²) < 4.78 is 0. The van der Waals surface area contributed by atoms with Crippen LogP contribution in [-0.4, -0.2) is 5.78 Å². The lowest BCUT2D eigenvalue weighted by Crippen LogP contribution is -2.27. The molecular weight excluding hydrogens is 342 g/mol. The van der Waals surface area contributed by atoms with E-state index in [1.807, 2.05) is 18.2 Å². The van der Waals surface area contributed by atoms with E-state index in [1.165, 1.54) is 26.8 Å². The van der Waals surface area contributed by atoms with Crippen LogP contribution in [0.4, 0.5) is 5.69 Å². The van der Waals surface area contributed by atoms with Gasteiger partial charge in [-0.05, 0) is 69.3 Å². The number of fused-ring (bicyclic) bond motifs is 4. The summed E-state index contributed by atoms with van der Waals surface area (Å²) in [7, 11) is 0. The molecule has 2 aliphatic rings. The van der Waals surface area contributed by atoms with Crippen LogP contribution < -0.4 is 16.2 Å². The molecule has 0 aromatic heterocycles. The van der Waals surface area contributed by atoms with Crippen LogP contribution >= 0.6 is 0 Å². The molecule has 2 aliphatic carbocycles. The minimum atomic E-state index is 0.0754. The normalized spacial score (nSPS) is 17.2. The summed E-state index contributed by atoms with van der Waals surface area (Å²) in [5, 5.41) is 5.04. The van der Waals surface area contributed by atoms with E-state index in [2.05, 4.69) is 49.4 Å². The third-order valence-corrected chi connectivity index (χ3v) is 6.26. The Labute approximate surface area is 164 Å². The van der Waals surface area contributed by atoms with Crippen LogP contribution in [0.15, 0.2) is 60.7 Å². The molecule has 0 spiro atoms. The number of para-hydroxylation sites is 1. The van der Waals surface area contributed by atoms with E-state index in [9.17, 15) is 4.79 Å². The molecule has 2 heteroatoms. The summed E-state index contributed by atoms with van der Waals surface area (Å²) in [6.07, 6.45) is 5.05. The van der Waals surface area contributed by atoms with Gasteiger partial charge in [-0.1, -0.05) is 61.5 Å². The standard InChI is InChI=1S/C26H23NO/c1-16-10-12-22(26(28)23-8-4-5-9-24(23)27)21-15-14-19-18-7-3-2-6-17(18)11-13-20(19)25(16)21/h2-9,11,14-16H,10,12-13,27H2,1H3. The van der Waals surface area contributed by atoms with Crippen molar-refractivity contribution in [2.24, 2.45) is 0 Å². The smallest absolute Gasteiger partial charge is 0.191 e. The fraction of sp³-hybridized carbons (Fsp3) is 0.192. The average Bonchev–Trinajstić information content (AvgIpc) is 2.73. The van der Waals surface area contributed by atoms with Gasteiger partial charge in [0.2, 0.25) is 0 Å². The summed E-state index contributed by atoms with van der Waals surface area (Å²) in [4.78, 5) is 13.3. The van der Waals surface area contributed by atoms with Gasteiger partial charge in [0.15, 0.2) is 5.78 Å². The van der Waals surface area contributed by atoms with Crippen LogP contribution in [0.25, 0.3) is 11.6 Å². The molecule has 1 atom stereocenters. The highest BCUT2D eigenvalue weighted by molar-refractivity contribution is 6.26. The van der Waals surface area contributed by atoms with E-state index in [0.29, 0.717) is 17.2 Å². The number of nitrogen functional groups attached to an aromatic ring is 1. The van der Waals surface area contributed by atoms with Crippen LogP contribution in [0.2, 0.25) is 0 Å². The van der Waals surface area contributed by atoms with Gasteiger partial charge in [0.05, 0.1) is 0 Å². The van der Waals surface area contributed by atoms with Gasteiger partial charge in [-0.2, -0.15) is 0 Å². The number of hydrogen-bond acceptors (Lipinski definition) is 2. The SMILES string of the molecule is CC1CCC(C(=O)c2ccccc2N)=c2ccc3c(c21)CC=c1ccccc1=3. The minimum absolute atomic E-state index is 0.0754. The Bertz CT molecular complexity index is 1330. The molecule has 3 aromatic carbocycles. The van der Waals surface area contributed by atoms with Crippen molar-refractivity contribution in [1.29, 1.82) is 0 Å². The van der Waals surface area contributed by atoms with Gasteiger partial charge in [-0.3, -0.25) is 4.79 Å². The Hall–Kier alpha value is -3.13. The third-order valence-electron chi connectivity index (χ3n) is 6.26. The summed E-state index contributed by atoms with van der Waals surface area (Å²) >= 11 is 0. The Kier molecular flexibility index (Phi) is 3.94. The quantitative estimate of drug-likeness (QED) is 0.554. The molecule has 0 fully saturated rings. The van der Waals surface area contributed by atoms with Crippen molar-refractivity contribution in [1.82, 2.24) is 0 Å². The van der Waals surface area contributed by atoms with Crippen molar-refractivity contribution in [2.45, 2.75) is 32.1 Å². The number of carbonyl (C=O) groups is 1. The second kappa shape index (κ2) is 6.49. The number of rotatable bonds is 2. The molecule has 0 amide bonds. The molecule has 2 N–H and O–H groups in total. The number of anilines is 1. The first kappa shape index (κ1) is 17.0. The van der Waals surface area contributed by atoms with Crippen LogP contribution in [0, 0.1) is 10.4 Å². The van der Waals surface area contributed by atoms with E-state index < -0.39 is 0 Å². The second-order valence-corrected chi connectivity index (χ2v) is 7.88. The van der Waals surface area contributed by atoms with Crippen LogP contribution in [-0.2, 0) is 6.42 Å². The summed E-state index contributed by atoms with van der Waals surface area (Å²) in [6, 6.07) is 20.3. The molecule has 3 aromatic rings. The third kappa shape index (κ3) is 2.52. The molecule has 1 unspecified atom stereocenters. The Morgan fingerprint density at radius 3 is 2.54 bits per heavy atom. The highest BCUT2D eigenvalue weighted by Crippen LogP contribution is 2.32. The molecule has 0 heterocycles. The van der Waals surface area contributed by atoms with E-state index in [-0.39, 0.29) is 5.78 Å². The molecule has 0 saturated carbocycles. The Balaban J connectivity index is 1.84. The first-order chi connectivity index (χ1) is 13.6. The molecular formula is C26H23NO. The van der Waals surface area contributed by atoms with E-state index >= 15 is 0 Å². The predicted octanol–water partition coefficient (Wildman–Crippen LogP) is 3.82. The van der Waals surface area contributed by atoms with Crippen molar-refractivity contribution in [3.63, 3.8) is 0 Å². The van der Waals surface area contributed by atoms with Crippen LogP contribution in [0.5, 0.6) is 0 Å². The van der Waals surface area contributed by atoms with Gasteiger partial charge in [0.1, 0.15) is 0 Å². The maximum absolute atomic E-state index is 13.3. The first-order valence-electron chi connectivity index (χ1n) is 9.99. The zero-order valence-corrected chi connectivity index (χ0v) is 16.0. The molecule has 2 nitrogen and oxygen atoms in total. The van der Waals surface area contributed by atoms with Crippen molar-refractivity contribution in [3.05, 3.63) is 98.2 Å². The largest absolute Gasteiger partial charge is 0.398 e. The summed E-state index contributed by atoms with van der Waals surface area (Å²) in [5.41, 5.74) is 10.9. The van der Waals surface area contributed by atoms with Gasteiger partial charge in [-0.25, -0.2) is 0 Å². The van der Waals surface area contributed by atoms with Gasteiger partial charge in [0.25, 0.3) is 0 Å². The number of nitrogens with two attached hydrogens (primary N) is 1. The van der Waals surface area contributed by atoms with Gasteiger partial charge < -0.3 is 5.73 Å². The van der Waals surface area contributed by atoms with Gasteiger partial charge >= 0.3 is 0 Å². The van der Waals surface area contributed by atoms with Crippen molar-refractivity contribution in [2.75, 3.05) is 5.73 Å². The lowest BCUT2D eigenvalue weighted by molar-refractivity contribution is 0.105. The topological polar surface area (TPSA) is 43.1 Å². The molecule has 5 rings (SSSR count). The number of benzene rings is 3. The lowest BCUT2D eigenvalue weighted by Gasteiger charge is -2.25. The highest BCUT2D eigenvalue weighted by atomic mass is 16.1. The Morgan fingerprint density at radius 1 is 0.929 bits per heavy atom. The average molecular weight is 365 g/mol. The number of ketones is 1. The van der Waals surface area contributed by atoms with Gasteiger partial charge in [-0.15, -0.1) is 0 Å². The molecule has 0 radical (unpaired) electrons. The molecule has 0 bridgehead atoms. The molecule has 138 valence electrons. The van der Waals surface area contributed by atoms with Crippen LogP contribution in [0.3, 0.4) is 0 Å². The number of Topliss-reactive ketones (excluding diaryl/α,β-unsaturated/α-hetero) is 1. The maximum Gasteiger partial charge on any atom is 0.191 e. The zero-order valence-electron chi connectivity index (χ0n) is 16.0. The van der Waals surface area contributed by atoms with Crippen LogP contribution in [0.1, 0.15) is 47.2 Å². The van der Waals surface area contributed by atoms with E-state index in [4.69, 9.17) is 5.73 Å². The van der Waals surface area contributed by atoms with Crippen molar-refractivity contribution in [3.8, 4) is 0 Å². The number of hydrogen-bond donors (Lipinski definition) is 1. The number of carbonyl (C=O) groups excluding carboxylic acids is 1. The summed E-state index contributed by atoms with van der Waals surface area (Å²) in [5.74, 6) is 0.527.